The summed E-state index contributed by atoms with van der Waals surface area (Å²) >= 11 is 1.44. The van der Waals surface area contributed by atoms with Crippen LogP contribution in [0.5, 0.6) is 0 Å². The van der Waals surface area contributed by atoms with Crippen molar-refractivity contribution in [3.05, 3.63) is 50.8 Å². The summed E-state index contributed by atoms with van der Waals surface area (Å²) in [6.07, 6.45) is 5.33. The lowest BCUT2D eigenvalue weighted by Crippen LogP contribution is -2.27. The lowest BCUT2D eigenvalue weighted by atomic mass is 9.94. The predicted octanol–water partition coefficient (Wildman–Crippen LogP) is 2.57. The number of nitrogens with one attached hydrogen (secondary N) is 2. The van der Waals surface area contributed by atoms with Gasteiger partial charge in [0.2, 0.25) is 0 Å². The van der Waals surface area contributed by atoms with Crippen molar-refractivity contribution in [3.8, 4) is 0 Å². The van der Waals surface area contributed by atoms with Gasteiger partial charge in [-0.1, -0.05) is 0 Å². The molecule has 0 bridgehead atoms. The van der Waals surface area contributed by atoms with Crippen molar-refractivity contribution in [1.29, 1.82) is 0 Å². The molecule has 2 aromatic rings. The number of thiophene rings is 1. The molecule has 5 heteroatoms. The third kappa shape index (κ3) is 2.33. The summed E-state index contributed by atoms with van der Waals surface area (Å²) in [4.78, 5) is 27.5. The molecule has 2 N–H and O–H groups in total. The van der Waals surface area contributed by atoms with E-state index in [1.54, 1.807) is 0 Å². The van der Waals surface area contributed by atoms with Crippen LogP contribution in [0.3, 0.4) is 0 Å². The number of hydrogen-bond acceptors (Lipinski definition) is 3. The van der Waals surface area contributed by atoms with Crippen molar-refractivity contribution in [1.82, 2.24) is 4.98 Å². The second kappa shape index (κ2) is 5.01. The van der Waals surface area contributed by atoms with Crippen LogP contribution >= 0.6 is 11.3 Å². The molecule has 19 heavy (non-hydrogen) atoms. The van der Waals surface area contributed by atoms with Crippen LogP contribution in [0.15, 0.2) is 28.5 Å². The van der Waals surface area contributed by atoms with Crippen molar-refractivity contribution in [2.75, 3.05) is 5.32 Å². The number of aryl methyl sites for hydroxylation is 1. The number of amides is 1. The van der Waals surface area contributed by atoms with Crippen LogP contribution in [0.1, 0.15) is 34.5 Å². The third-order valence-corrected chi connectivity index (χ3v) is 4.17. The Kier molecular flexibility index (Phi) is 3.21. The Morgan fingerprint density at radius 2 is 2.16 bits per heavy atom. The first kappa shape index (κ1) is 12.2. The standard InChI is InChI=1S/C14H14N2O2S/c17-13-9-4-1-2-5-11(9)15-8-10(13)14(18)16-12-6-3-7-19-12/h3,6-8H,1-2,4-5H2,(H,15,17)(H,16,18). The van der Waals surface area contributed by atoms with Gasteiger partial charge in [-0.3, -0.25) is 9.59 Å². The highest BCUT2D eigenvalue weighted by atomic mass is 32.1. The molecule has 4 nitrogen and oxygen atoms in total. The number of carbonyl (C=O) groups is 1. The van der Waals surface area contributed by atoms with Crippen LogP contribution in [-0.2, 0) is 12.8 Å². The summed E-state index contributed by atoms with van der Waals surface area (Å²) in [5, 5.41) is 5.38. The number of pyridine rings is 1. The van der Waals surface area contributed by atoms with Crippen molar-refractivity contribution >= 4 is 22.2 Å². The van der Waals surface area contributed by atoms with E-state index in [0.29, 0.717) is 0 Å². The molecule has 3 rings (SSSR count). The lowest BCUT2D eigenvalue weighted by molar-refractivity contribution is 0.102. The van der Waals surface area contributed by atoms with E-state index in [-0.39, 0.29) is 16.9 Å². The molecule has 1 aliphatic rings. The summed E-state index contributed by atoms with van der Waals surface area (Å²) in [5.74, 6) is -0.336. The van der Waals surface area contributed by atoms with Gasteiger partial charge in [-0.25, -0.2) is 0 Å². The minimum absolute atomic E-state index is 0.123. The Bertz CT molecular complexity index is 659. The molecule has 2 heterocycles. The predicted molar refractivity (Wildman–Crippen MR) is 76.0 cm³/mol. The third-order valence-electron chi connectivity index (χ3n) is 3.38. The molecular formula is C14H14N2O2S. The highest BCUT2D eigenvalue weighted by Crippen LogP contribution is 2.18. The van der Waals surface area contributed by atoms with E-state index in [1.807, 2.05) is 17.5 Å². The fourth-order valence-corrected chi connectivity index (χ4v) is 3.01. The number of fused-ring (bicyclic) bond motifs is 1. The Hall–Kier alpha value is -1.88. The maximum Gasteiger partial charge on any atom is 0.261 e. The van der Waals surface area contributed by atoms with E-state index in [0.717, 1.165) is 41.9 Å². The first-order valence-corrected chi connectivity index (χ1v) is 7.22. The first-order valence-electron chi connectivity index (χ1n) is 6.34. The Morgan fingerprint density at radius 1 is 1.32 bits per heavy atom. The molecule has 1 aliphatic carbocycles. The number of carbonyl (C=O) groups excluding carboxylic acids is 1. The van der Waals surface area contributed by atoms with Crippen LogP contribution in [-0.4, -0.2) is 10.9 Å². The molecule has 0 fully saturated rings. The summed E-state index contributed by atoms with van der Waals surface area (Å²) in [6.45, 7) is 0. The highest BCUT2D eigenvalue weighted by molar-refractivity contribution is 7.14. The number of aromatic amines is 1. The minimum atomic E-state index is -0.336. The van der Waals surface area contributed by atoms with Crippen molar-refractivity contribution in [3.63, 3.8) is 0 Å². The number of H-pyrrole nitrogens is 1. The molecule has 0 spiro atoms. The molecule has 1 amide bonds. The molecule has 0 saturated heterocycles. The quantitative estimate of drug-likeness (QED) is 0.884. The van der Waals surface area contributed by atoms with Crippen LogP contribution in [0, 0.1) is 0 Å². The zero-order valence-electron chi connectivity index (χ0n) is 10.4. The zero-order valence-corrected chi connectivity index (χ0v) is 11.2. The number of aromatic nitrogens is 1. The molecule has 98 valence electrons. The Labute approximate surface area is 114 Å². The van der Waals surface area contributed by atoms with Gasteiger partial charge in [-0.05, 0) is 43.2 Å². The molecule has 0 aliphatic heterocycles. The van der Waals surface area contributed by atoms with E-state index in [1.165, 1.54) is 17.5 Å². The highest BCUT2D eigenvalue weighted by Gasteiger charge is 2.19. The average molecular weight is 274 g/mol. The van der Waals surface area contributed by atoms with E-state index in [2.05, 4.69) is 10.3 Å². The van der Waals surface area contributed by atoms with Crippen molar-refractivity contribution in [2.24, 2.45) is 0 Å². The van der Waals surface area contributed by atoms with Crippen LogP contribution in [0.2, 0.25) is 0 Å². The Morgan fingerprint density at radius 3 is 2.95 bits per heavy atom. The molecule has 0 radical (unpaired) electrons. The number of rotatable bonds is 2. The van der Waals surface area contributed by atoms with Gasteiger partial charge in [0.15, 0.2) is 5.43 Å². The van der Waals surface area contributed by atoms with Crippen LogP contribution in [0.25, 0.3) is 0 Å². The van der Waals surface area contributed by atoms with Gasteiger partial charge in [0, 0.05) is 17.5 Å². The van der Waals surface area contributed by atoms with Crippen molar-refractivity contribution in [2.45, 2.75) is 25.7 Å². The van der Waals surface area contributed by atoms with Gasteiger partial charge in [0.05, 0.1) is 5.00 Å². The van der Waals surface area contributed by atoms with Crippen LogP contribution < -0.4 is 10.7 Å². The molecule has 0 saturated carbocycles. The maximum absolute atomic E-state index is 12.3. The smallest absolute Gasteiger partial charge is 0.261 e. The van der Waals surface area contributed by atoms with Gasteiger partial charge in [0.1, 0.15) is 5.56 Å². The van der Waals surface area contributed by atoms with Crippen molar-refractivity contribution < 1.29 is 4.79 Å². The second-order valence-electron chi connectivity index (χ2n) is 4.63. The summed E-state index contributed by atoms with van der Waals surface area (Å²) in [6, 6.07) is 3.67. The normalized spacial score (nSPS) is 13.9. The topological polar surface area (TPSA) is 62.0 Å². The van der Waals surface area contributed by atoms with E-state index >= 15 is 0 Å². The second-order valence-corrected chi connectivity index (χ2v) is 5.57. The van der Waals surface area contributed by atoms with Gasteiger partial charge in [-0.15, -0.1) is 11.3 Å². The maximum atomic E-state index is 12.3. The summed E-state index contributed by atoms with van der Waals surface area (Å²) in [7, 11) is 0. The first-order chi connectivity index (χ1) is 9.25. The molecule has 0 atom stereocenters. The lowest BCUT2D eigenvalue weighted by Gasteiger charge is -2.15. The van der Waals surface area contributed by atoms with Gasteiger partial charge in [0.25, 0.3) is 5.91 Å². The van der Waals surface area contributed by atoms with Crippen LogP contribution in [0.4, 0.5) is 5.00 Å². The zero-order chi connectivity index (χ0) is 13.2. The number of anilines is 1. The van der Waals surface area contributed by atoms with Gasteiger partial charge >= 0.3 is 0 Å². The molecule has 2 aromatic heterocycles. The molecule has 0 aromatic carbocycles. The average Bonchev–Trinajstić information content (AvgIpc) is 2.92. The summed E-state index contributed by atoms with van der Waals surface area (Å²) in [5.41, 5.74) is 1.85. The monoisotopic (exact) mass is 274 g/mol. The van der Waals surface area contributed by atoms with Gasteiger partial charge in [-0.2, -0.15) is 0 Å². The fraction of sp³-hybridized carbons (Fsp3) is 0.286. The minimum Gasteiger partial charge on any atom is -0.364 e. The van der Waals surface area contributed by atoms with E-state index < -0.39 is 0 Å². The molecular weight excluding hydrogens is 260 g/mol. The number of hydrogen-bond donors (Lipinski definition) is 2. The van der Waals surface area contributed by atoms with E-state index in [9.17, 15) is 9.59 Å². The van der Waals surface area contributed by atoms with Gasteiger partial charge < -0.3 is 10.3 Å². The molecule has 0 unspecified atom stereocenters. The fourth-order valence-electron chi connectivity index (χ4n) is 2.40. The van der Waals surface area contributed by atoms with E-state index in [4.69, 9.17) is 0 Å². The summed E-state index contributed by atoms with van der Waals surface area (Å²) < 4.78 is 0. The largest absolute Gasteiger partial charge is 0.364 e. The SMILES string of the molecule is O=C(Nc1cccs1)c1c[nH]c2c(c1=O)CCCC2. The Balaban J connectivity index is 1.93.